The van der Waals surface area contributed by atoms with E-state index in [2.05, 4.69) is 62.4 Å². The average molecular weight is 282 g/mol. The molecular formula is C19H26N2. The SMILES string of the molecule is CC(C)(C(N)Cc1ccccc1)C(N)Cc1ccccc1. The molecule has 0 aliphatic heterocycles. The average Bonchev–Trinajstić information content (AvgIpc) is 2.49. The van der Waals surface area contributed by atoms with Crippen molar-refractivity contribution in [2.75, 3.05) is 0 Å². The van der Waals surface area contributed by atoms with E-state index in [0.717, 1.165) is 12.8 Å². The first-order valence-corrected chi connectivity index (χ1v) is 7.59. The lowest BCUT2D eigenvalue weighted by Crippen LogP contribution is -2.51. The molecule has 2 rings (SSSR count). The molecule has 21 heavy (non-hydrogen) atoms. The molecule has 0 radical (unpaired) electrons. The fourth-order valence-electron chi connectivity index (χ4n) is 2.54. The van der Waals surface area contributed by atoms with E-state index in [9.17, 15) is 0 Å². The van der Waals surface area contributed by atoms with Crippen molar-refractivity contribution in [2.45, 2.75) is 38.8 Å². The molecule has 0 saturated carbocycles. The second-order valence-corrected chi connectivity index (χ2v) is 6.41. The Kier molecular flexibility index (Phi) is 5.16. The van der Waals surface area contributed by atoms with Crippen LogP contribution in [0, 0.1) is 5.41 Å². The zero-order chi connectivity index (χ0) is 15.3. The van der Waals surface area contributed by atoms with Crippen LogP contribution in [0.15, 0.2) is 60.7 Å². The number of hydrogen-bond donors (Lipinski definition) is 2. The molecule has 2 aromatic rings. The topological polar surface area (TPSA) is 52.0 Å². The molecule has 0 fully saturated rings. The molecule has 2 aromatic carbocycles. The maximum Gasteiger partial charge on any atom is 0.0146 e. The van der Waals surface area contributed by atoms with E-state index in [0.29, 0.717) is 0 Å². The number of rotatable bonds is 6. The van der Waals surface area contributed by atoms with Crippen LogP contribution in [0.5, 0.6) is 0 Å². The van der Waals surface area contributed by atoms with Gasteiger partial charge in [0.25, 0.3) is 0 Å². The van der Waals surface area contributed by atoms with Crippen LogP contribution in [0.3, 0.4) is 0 Å². The van der Waals surface area contributed by atoms with Crippen molar-refractivity contribution in [1.29, 1.82) is 0 Å². The Bertz CT molecular complexity index is 485. The molecule has 112 valence electrons. The van der Waals surface area contributed by atoms with E-state index < -0.39 is 0 Å². The molecule has 2 nitrogen and oxygen atoms in total. The van der Waals surface area contributed by atoms with Crippen LogP contribution in [-0.4, -0.2) is 12.1 Å². The molecule has 0 aliphatic carbocycles. The van der Waals surface area contributed by atoms with Gasteiger partial charge in [-0.2, -0.15) is 0 Å². The van der Waals surface area contributed by atoms with Crippen molar-refractivity contribution in [3.8, 4) is 0 Å². The van der Waals surface area contributed by atoms with Crippen molar-refractivity contribution in [3.05, 3.63) is 71.8 Å². The lowest BCUT2D eigenvalue weighted by molar-refractivity contribution is 0.222. The quantitative estimate of drug-likeness (QED) is 0.855. The Balaban J connectivity index is 2.02. The largest absolute Gasteiger partial charge is 0.327 e. The van der Waals surface area contributed by atoms with Gasteiger partial charge < -0.3 is 11.5 Å². The summed E-state index contributed by atoms with van der Waals surface area (Å²) in [6.45, 7) is 4.35. The van der Waals surface area contributed by atoms with Crippen LogP contribution in [0.4, 0.5) is 0 Å². The standard InChI is InChI=1S/C19H26N2/c1-19(2,17(20)13-15-9-5-3-6-10-15)18(21)14-16-11-7-4-8-12-16/h3-12,17-18H,13-14,20-21H2,1-2H3. The van der Waals surface area contributed by atoms with Crippen molar-refractivity contribution in [2.24, 2.45) is 16.9 Å². The van der Waals surface area contributed by atoms with Crippen LogP contribution in [-0.2, 0) is 12.8 Å². The number of nitrogens with two attached hydrogens (primary N) is 2. The Labute approximate surface area is 128 Å². The van der Waals surface area contributed by atoms with Crippen LogP contribution in [0.2, 0.25) is 0 Å². The molecule has 0 aromatic heterocycles. The molecule has 0 saturated heterocycles. The zero-order valence-electron chi connectivity index (χ0n) is 13.0. The molecular weight excluding hydrogens is 256 g/mol. The van der Waals surface area contributed by atoms with Crippen LogP contribution < -0.4 is 11.5 Å². The summed E-state index contributed by atoms with van der Waals surface area (Å²) in [7, 11) is 0. The van der Waals surface area contributed by atoms with E-state index in [-0.39, 0.29) is 17.5 Å². The summed E-state index contributed by atoms with van der Waals surface area (Å²) in [5.74, 6) is 0. The Hall–Kier alpha value is -1.64. The van der Waals surface area contributed by atoms with Crippen molar-refractivity contribution in [1.82, 2.24) is 0 Å². The highest BCUT2D eigenvalue weighted by molar-refractivity contribution is 5.19. The minimum Gasteiger partial charge on any atom is -0.327 e. The molecule has 2 heteroatoms. The third-order valence-electron chi connectivity index (χ3n) is 4.51. The van der Waals surface area contributed by atoms with Gasteiger partial charge in [0.2, 0.25) is 0 Å². The fraction of sp³-hybridized carbons (Fsp3) is 0.368. The van der Waals surface area contributed by atoms with Gasteiger partial charge in [-0.1, -0.05) is 74.5 Å². The number of hydrogen-bond acceptors (Lipinski definition) is 2. The molecule has 2 atom stereocenters. The predicted molar refractivity (Wildman–Crippen MR) is 90.0 cm³/mol. The minimum atomic E-state index is -0.119. The van der Waals surface area contributed by atoms with E-state index in [1.165, 1.54) is 11.1 Å². The van der Waals surface area contributed by atoms with Crippen LogP contribution >= 0.6 is 0 Å². The summed E-state index contributed by atoms with van der Waals surface area (Å²) < 4.78 is 0. The van der Waals surface area contributed by atoms with Gasteiger partial charge in [-0.3, -0.25) is 0 Å². The lowest BCUT2D eigenvalue weighted by Gasteiger charge is -2.37. The van der Waals surface area contributed by atoms with Gasteiger partial charge in [0.15, 0.2) is 0 Å². The normalized spacial score (nSPS) is 14.7. The van der Waals surface area contributed by atoms with Crippen molar-refractivity contribution < 1.29 is 0 Å². The molecule has 2 unspecified atom stereocenters. The van der Waals surface area contributed by atoms with Gasteiger partial charge in [-0.25, -0.2) is 0 Å². The summed E-state index contributed by atoms with van der Waals surface area (Å²) >= 11 is 0. The first-order valence-electron chi connectivity index (χ1n) is 7.59. The van der Waals surface area contributed by atoms with E-state index in [4.69, 9.17) is 11.5 Å². The minimum absolute atomic E-state index is 0.0404. The van der Waals surface area contributed by atoms with Crippen LogP contribution in [0.25, 0.3) is 0 Å². The monoisotopic (exact) mass is 282 g/mol. The first-order chi connectivity index (χ1) is 10.00. The van der Waals surface area contributed by atoms with Gasteiger partial charge in [0.05, 0.1) is 0 Å². The highest BCUT2D eigenvalue weighted by Gasteiger charge is 2.33. The zero-order valence-corrected chi connectivity index (χ0v) is 13.0. The van der Waals surface area contributed by atoms with Gasteiger partial charge in [0.1, 0.15) is 0 Å². The second kappa shape index (κ2) is 6.88. The van der Waals surface area contributed by atoms with E-state index in [1.807, 2.05) is 12.1 Å². The molecule has 0 bridgehead atoms. The summed E-state index contributed by atoms with van der Waals surface area (Å²) in [5, 5.41) is 0. The molecule has 0 heterocycles. The van der Waals surface area contributed by atoms with Gasteiger partial charge in [-0.15, -0.1) is 0 Å². The Morgan fingerprint density at radius 1 is 0.714 bits per heavy atom. The van der Waals surface area contributed by atoms with E-state index in [1.54, 1.807) is 0 Å². The van der Waals surface area contributed by atoms with E-state index >= 15 is 0 Å². The summed E-state index contributed by atoms with van der Waals surface area (Å²) in [4.78, 5) is 0. The second-order valence-electron chi connectivity index (χ2n) is 6.41. The Morgan fingerprint density at radius 2 is 1.05 bits per heavy atom. The molecule has 4 N–H and O–H groups in total. The van der Waals surface area contributed by atoms with Gasteiger partial charge in [-0.05, 0) is 29.4 Å². The maximum absolute atomic E-state index is 6.46. The molecule has 0 amide bonds. The van der Waals surface area contributed by atoms with Crippen molar-refractivity contribution in [3.63, 3.8) is 0 Å². The summed E-state index contributed by atoms with van der Waals surface area (Å²) in [5.41, 5.74) is 15.3. The molecule has 0 aliphatic rings. The number of benzene rings is 2. The summed E-state index contributed by atoms with van der Waals surface area (Å²) in [6, 6.07) is 20.9. The predicted octanol–water partition coefficient (Wildman–Crippen LogP) is 3.15. The highest BCUT2D eigenvalue weighted by atomic mass is 14.8. The lowest BCUT2D eigenvalue weighted by atomic mass is 9.74. The maximum atomic E-state index is 6.46. The first kappa shape index (κ1) is 15.7. The summed E-state index contributed by atoms with van der Waals surface area (Å²) in [6.07, 6.45) is 1.71. The molecule has 0 spiro atoms. The van der Waals surface area contributed by atoms with Crippen molar-refractivity contribution >= 4 is 0 Å². The van der Waals surface area contributed by atoms with Gasteiger partial charge >= 0.3 is 0 Å². The fourth-order valence-corrected chi connectivity index (χ4v) is 2.54. The Morgan fingerprint density at radius 3 is 1.38 bits per heavy atom. The van der Waals surface area contributed by atoms with Crippen LogP contribution in [0.1, 0.15) is 25.0 Å². The highest BCUT2D eigenvalue weighted by Crippen LogP contribution is 2.27. The third kappa shape index (κ3) is 4.16. The smallest absolute Gasteiger partial charge is 0.0146 e. The van der Waals surface area contributed by atoms with Gasteiger partial charge in [0, 0.05) is 12.1 Å². The third-order valence-corrected chi connectivity index (χ3v) is 4.51.